The van der Waals surface area contributed by atoms with E-state index >= 15 is 0 Å². The number of hydrogen-bond donors (Lipinski definition) is 1. The minimum Gasteiger partial charge on any atom is -0.490 e. The number of ether oxygens (including phenoxy) is 1. The zero-order valence-electron chi connectivity index (χ0n) is 14.4. The second-order valence-electron chi connectivity index (χ2n) is 6.30. The Kier molecular flexibility index (Phi) is 6.83. The Morgan fingerprint density at radius 2 is 2.00 bits per heavy atom. The third-order valence-corrected chi connectivity index (χ3v) is 4.25. The Labute approximate surface area is 147 Å². The first-order chi connectivity index (χ1) is 11.4. The van der Waals surface area contributed by atoms with Gasteiger partial charge in [-0.05, 0) is 33.0 Å². The number of carbonyl (C=O) groups excluding carboxylic acids is 1. The summed E-state index contributed by atoms with van der Waals surface area (Å²) in [6, 6.07) is 2.93. The quantitative estimate of drug-likeness (QED) is 0.848. The minimum atomic E-state index is -0.744. The van der Waals surface area contributed by atoms with Crippen molar-refractivity contribution in [3.05, 3.63) is 28.5 Å². The number of rotatable bonds is 6. The molecule has 0 aliphatic carbocycles. The van der Waals surface area contributed by atoms with E-state index in [1.165, 1.54) is 12.1 Å². The maximum Gasteiger partial charge on any atom is 0.258 e. The van der Waals surface area contributed by atoms with Gasteiger partial charge in [-0.25, -0.2) is 4.39 Å². The molecule has 1 fully saturated rings. The Hall–Kier alpha value is -1.37. The van der Waals surface area contributed by atoms with Crippen LogP contribution in [0, 0.1) is 5.82 Å². The van der Waals surface area contributed by atoms with Gasteiger partial charge in [0, 0.05) is 39.3 Å². The van der Waals surface area contributed by atoms with Gasteiger partial charge in [-0.1, -0.05) is 11.6 Å². The van der Waals surface area contributed by atoms with E-state index in [-0.39, 0.29) is 22.4 Å². The van der Waals surface area contributed by atoms with Crippen molar-refractivity contribution in [3.63, 3.8) is 0 Å². The molecule has 0 bridgehead atoms. The third kappa shape index (κ3) is 5.06. The molecule has 1 heterocycles. The van der Waals surface area contributed by atoms with Crippen molar-refractivity contribution in [2.75, 3.05) is 46.3 Å². The molecule has 0 radical (unpaired) electrons. The molecule has 1 amide bonds. The molecular formula is C17H25ClFN3O2. The molecule has 134 valence electrons. The Morgan fingerprint density at radius 1 is 1.33 bits per heavy atom. The Balaban J connectivity index is 1.97. The van der Waals surface area contributed by atoms with Crippen LogP contribution in [0.5, 0.6) is 5.75 Å². The first-order valence-corrected chi connectivity index (χ1v) is 8.60. The topological polar surface area (TPSA) is 44.8 Å². The van der Waals surface area contributed by atoms with Crippen LogP contribution in [0.1, 0.15) is 24.2 Å². The molecule has 2 rings (SSSR count). The average molecular weight is 358 g/mol. The van der Waals surface area contributed by atoms with Gasteiger partial charge in [0.05, 0.1) is 11.1 Å². The molecule has 1 aliphatic heterocycles. The minimum absolute atomic E-state index is 0.0877. The highest BCUT2D eigenvalue weighted by molar-refractivity contribution is 6.31. The molecule has 0 spiro atoms. The summed E-state index contributed by atoms with van der Waals surface area (Å²) in [7, 11) is 2.09. The van der Waals surface area contributed by atoms with Crippen LogP contribution < -0.4 is 10.1 Å². The molecule has 24 heavy (non-hydrogen) atoms. The van der Waals surface area contributed by atoms with Crippen LogP contribution in [0.15, 0.2) is 12.1 Å². The zero-order chi connectivity index (χ0) is 17.7. The molecule has 0 saturated carbocycles. The monoisotopic (exact) mass is 357 g/mol. The summed E-state index contributed by atoms with van der Waals surface area (Å²) in [6.45, 7) is 8.81. The van der Waals surface area contributed by atoms with E-state index < -0.39 is 11.7 Å². The highest BCUT2D eigenvalue weighted by atomic mass is 35.5. The lowest BCUT2D eigenvalue weighted by molar-refractivity contribution is 0.0930. The highest BCUT2D eigenvalue weighted by Crippen LogP contribution is 2.28. The molecule has 0 unspecified atom stereocenters. The maximum atomic E-state index is 14.3. The number of amides is 1. The summed E-state index contributed by atoms with van der Waals surface area (Å²) < 4.78 is 19.8. The fraction of sp³-hybridized carbons (Fsp3) is 0.588. The molecule has 1 aromatic rings. The van der Waals surface area contributed by atoms with E-state index in [0.29, 0.717) is 6.54 Å². The number of likely N-dealkylation sites (N-methyl/N-ethyl adjacent to an activating group) is 1. The molecule has 5 nitrogen and oxygen atoms in total. The second-order valence-corrected chi connectivity index (χ2v) is 6.71. The largest absolute Gasteiger partial charge is 0.490 e. The van der Waals surface area contributed by atoms with Crippen LogP contribution in [0.25, 0.3) is 0 Å². The van der Waals surface area contributed by atoms with Crippen LogP contribution in [0.3, 0.4) is 0 Å². The molecule has 7 heteroatoms. The van der Waals surface area contributed by atoms with E-state index in [0.717, 1.165) is 32.7 Å². The van der Waals surface area contributed by atoms with Crippen molar-refractivity contribution in [1.29, 1.82) is 0 Å². The highest BCUT2D eigenvalue weighted by Gasteiger charge is 2.22. The van der Waals surface area contributed by atoms with Gasteiger partial charge in [0.2, 0.25) is 0 Å². The van der Waals surface area contributed by atoms with Crippen molar-refractivity contribution < 1.29 is 13.9 Å². The number of carbonyl (C=O) groups is 1. The van der Waals surface area contributed by atoms with Gasteiger partial charge < -0.3 is 15.0 Å². The Morgan fingerprint density at radius 3 is 2.62 bits per heavy atom. The third-order valence-electron chi connectivity index (χ3n) is 3.96. The van der Waals surface area contributed by atoms with Gasteiger partial charge >= 0.3 is 0 Å². The van der Waals surface area contributed by atoms with Crippen LogP contribution >= 0.6 is 11.6 Å². The summed E-state index contributed by atoms with van der Waals surface area (Å²) in [6.07, 6.45) is -0.164. The number of halogens is 2. The van der Waals surface area contributed by atoms with Gasteiger partial charge in [-0.15, -0.1) is 0 Å². The van der Waals surface area contributed by atoms with Gasteiger partial charge in [-0.2, -0.15) is 0 Å². The summed E-state index contributed by atoms with van der Waals surface area (Å²) >= 11 is 5.81. The van der Waals surface area contributed by atoms with E-state index in [9.17, 15) is 9.18 Å². The van der Waals surface area contributed by atoms with Gasteiger partial charge in [0.1, 0.15) is 11.3 Å². The second kappa shape index (κ2) is 8.65. The molecule has 0 atom stereocenters. The molecular weight excluding hydrogens is 333 g/mol. The first kappa shape index (κ1) is 19.0. The number of nitrogens with zero attached hydrogens (tertiary/aromatic N) is 2. The summed E-state index contributed by atoms with van der Waals surface area (Å²) in [5.74, 6) is -1.03. The summed E-state index contributed by atoms with van der Waals surface area (Å²) in [4.78, 5) is 16.9. The summed E-state index contributed by atoms with van der Waals surface area (Å²) in [5, 5.41) is 2.68. The van der Waals surface area contributed by atoms with Crippen LogP contribution in [0.2, 0.25) is 5.02 Å². The van der Waals surface area contributed by atoms with E-state index in [4.69, 9.17) is 16.3 Å². The van der Waals surface area contributed by atoms with Crippen molar-refractivity contribution in [2.45, 2.75) is 20.0 Å². The number of benzene rings is 1. The van der Waals surface area contributed by atoms with Crippen molar-refractivity contribution in [3.8, 4) is 5.75 Å². The Bertz CT molecular complexity index is 575. The van der Waals surface area contributed by atoms with Crippen molar-refractivity contribution >= 4 is 17.5 Å². The molecule has 1 N–H and O–H groups in total. The van der Waals surface area contributed by atoms with Crippen LogP contribution in [-0.4, -0.2) is 68.1 Å². The van der Waals surface area contributed by atoms with Gasteiger partial charge in [-0.3, -0.25) is 9.69 Å². The van der Waals surface area contributed by atoms with Gasteiger partial charge in [0.25, 0.3) is 5.91 Å². The normalized spacial score (nSPS) is 16.4. The number of piperazine rings is 1. The smallest absolute Gasteiger partial charge is 0.258 e. The predicted octanol–water partition coefficient (Wildman–Crippen LogP) is 2.24. The van der Waals surface area contributed by atoms with E-state index in [1.54, 1.807) is 0 Å². The lowest BCUT2D eigenvalue weighted by Gasteiger charge is -2.32. The molecule has 1 saturated heterocycles. The fourth-order valence-electron chi connectivity index (χ4n) is 2.58. The lowest BCUT2D eigenvalue weighted by Crippen LogP contribution is -2.47. The van der Waals surface area contributed by atoms with Gasteiger partial charge in [0.15, 0.2) is 5.82 Å². The van der Waals surface area contributed by atoms with E-state index in [2.05, 4.69) is 22.2 Å². The first-order valence-electron chi connectivity index (χ1n) is 8.22. The maximum absolute atomic E-state index is 14.3. The van der Waals surface area contributed by atoms with Crippen molar-refractivity contribution in [2.24, 2.45) is 0 Å². The predicted molar refractivity (Wildman–Crippen MR) is 93.4 cm³/mol. The number of nitrogens with one attached hydrogen (secondary N) is 1. The average Bonchev–Trinajstić information content (AvgIpc) is 2.52. The lowest BCUT2D eigenvalue weighted by atomic mass is 10.1. The van der Waals surface area contributed by atoms with Crippen LogP contribution in [-0.2, 0) is 0 Å². The van der Waals surface area contributed by atoms with E-state index in [1.807, 2.05) is 13.8 Å². The molecule has 1 aromatic carbocycles. The summed E-state index contributed by atoms with van der Waals surface area (Å²) in [5.41, 5.74) is -0.130. The van der Waals surface area contributed by atoms with Crippen LogP contribution in [0.4, 0.5) is 4.39 Å². The molecule has 1 aliphatic rings. The standard InChI is InChI=1S/C17H25ClFN3O2/c1-12(2)24-14-5-4-13(18)16(19)15(14)17(23)20-6-7-22-10-8-21(3)9-11-22/h4-5,12H,6-11H2,1-3H3,(H,20,23). The zero-order valence-corrected chi connectivity index (χ0v) is 15.2. The fourth-order valence-corrected chi connectivity index (χ4v) is 2.74. The molecule has 0 aromatic heterocycles. The SMILES string of the molecule is CC(C)Oc1ccc(Cl)c(F)c1C(=O)NCCN1CCN(C)CC1. The van der Waals surface area contributed by atoms with Crippen molar-refractivity contribution in [1.82, 2.24) is 15.1 Å². The number of hydrogen-bond acceptors (Lipinski definition) is 4.